The van der Waals surface area contributed by atoms with Crippen LogP contribution in [0.3, 0.4) is 0 Å². The molecular formula is C19H24FN3O4. The van der Waals surface area contributed by atoms with Gasteiger partial charge >= 0.3 is 0 Å². The van der Waals surface area contributed by atoms with E-state index in [9.17, 15) is 19.3 Å². The molecule has 1 aromatic rings. The van der Waals surface area contributed by atoms with E-state index in [2.05, 4.69) is 5.32 Å². The Hall–Kier alpha value is -3.00. The van der Waals surface area contributed by atoms with Gasteiger partial charge in [0.15, 0.2) is 0 Å². The number of nitrogen functional groups attached to an aromatic ring is 1. The van der Waals surface area contributed by atoms with Gasteiger partial charge in [0.25, 0.3) is 11.6 Å². The summed E-state index contributed by atoms with van der Waals surface area (Å²) in [6.45, 7) is 4.19. The van der Waals surface area contributed by atoms with E-state index in [4.69, 9.17) is 10.5 Å². The molecule has 1 aliphatic rings. The summed E-state index contributed by atoms with van der Waals surface area (Å²) in [4.78, 5) is 22.2. The first-order valence-corrected chi connectivity index (χ1v) is 8.52. The topological polar surface area (TPSA) is 107 Å². The van der Waals surface area contributed by atoms with Crippen LogP contribution in [-0.2, 0) is 4.74 Å². The fourth-order valence-corrected chi connectivity index (χ4v) is 2.29. The number of nitrogens with zero attached hydrogens (tertiary/aromatic N) is 1. The standard InChI is InChI=1S/C17H18FN3O4.C2H6/c1-25-13-4-2-3-11(15(18)10-13)7-8-20-17(22)14-6-5-12(21(23)24)9-16(14)19;1-2/h2-6,9-10,13H,7-8,19H2,1H3,(H,20,22);1-2H3. The fraction of sp³-hybridized carbons (Fsp3) is 0.316. The minimum Gasteiger partial charge on any atom is -0.398 e. The first-order valence-electron chi connectivity index (χ1n) is 8.52. The summed E-state index contributed by atoms with van der Waals surface area (Å²) in [5, 5.41) is 13.3. The normalized spacial score (nSPS) is 15.6. The number of anilines is 1. The van der Waals surface area contributed by atoms with Gasteiger partial charge in [-0.15, -0.1) is 0 Å². The molecule has 27 heavy (non-hydrogen) atoms. The predicted molar refractivity (Wildman–Crippen MR) is 103 cm³/mol. The first-order chi connectivity index (χ1) is 12.9. The van der Waals surface area contributed by atoms with E-state index in [1.807, 2.05) is 13.8 Å². The van der Waals surface area contributed by atoms with Gasteiger partial charge in [-0.3, -0.25) is 14.9 Å². The lowest BCUT2D eigenvalue weighted by atomic mass is 10.1. The summed E-state index contributed by atoms with van der Waals surface area (Å²) < 4.78 is 19.1. The molecule has 7 nitrogen and oxygen atoms in total. The van der Waals surface area contributed by atoms with Crippen molar-refractivity contribution < 1.29 is 18.8 Å². The second-order valence-electron chi connectivity index (χ2n) is 5.33. The van der Waals surface area contributed by atoms with Crippen molar-refractivity contribution >= 4 is 17.3 Å². The number of halogens is 1. The quantitative estimate of drug-likeness (QED) is 0.447. The third kappa shape index (κ3) is 6.34. The van der Waals surface area contributed by atoms with Crippen LogP contribution in [0.4, 0.5) is 15.8 Å². The second kappa shape index (κ2) is 10.9. The number of nitro benzene ring substituents is 1. The lowest BCUT2D eigenvalue weighted by molar-refractivity contribution is -0.384. The molecule has 1 atom stereocenters. The van der Waals surface area contributed by atoms with E-state index in [-0.39, 0.29) is 29.9 Å². The number of benzene rings is 1. The number of hydrogen-bond acceptors (Lipinski definition) is 5. The zero-order chi connectivity index (χ0) is 20.4. The molecule has 3 N–H and O–H groups in total. The van der Waals surface area contributed by atoms with Crippen LogP contribution in [0.15, 0.2) is 53.9 Å². The van der Waals surface area contributed by atoms with E-state index in [0.717, 1.165) is 6.07 Å². The van der Waals surface area contributed by atoms with E-state index in [0.29, 0.717) is 5.57 Å². The molecule has 146 valence electrons. The number of hydrogen-bond donors (Lipinski definition) is 2. The lowest BCUT2D eigenvalue weighted by Gasteiger charge is -2.09. The van der Waals surface area contributed by atoms with Crippen LogP contribution >= 0.6 is 0 Å². The average molecular weight is 377 g/mol. The Morgan fingerprint density at radius 2 is 2.11 bits per heavy atom. The van der Waals surface area contributed by atoms with E-state index < -0.39 is 22.8 Å². The molecule has 0 saturated carbocycles. The van der Waals surface area contributed by atoms with E-state index in [1.165, 1.54) is 25.3 Å². The van der Waals surface area contributed by atoms with Crippen molar-refractivity contribution in [1.82, 2.24) is 5.32 Å². The van der Waals surface area contributed by atoms with Crippen LogP contribution in [0.1, 0.15) is 30.6 Å². The van der Waals surface area contributed by atoms with Crippen molar-refractivity contribution in [1.29, 1.82) is 0 Å². The Morgan fingerprint density at radius 1 is 1.41 bits per heavy atom. The van der Waals surface area contributed by atoms with Crippen molar-refractivity contribution in [2.75, 3.05) is 19.4 Å². The van der Waals surface area contributed by atoms with Gasteiger partial charge in [0.2, 0.25) is 0 Å². The van der Waals surface area contributed by atoms with Gasteiger partial charge in [-0.1, -0.05) is 32.1 Å². The number of carbonyl (C=O) groups is 1. The number of nitrogens with one attached hydrogen (secondary N) is 1. The van der Waals surface area contributed by atoms with Gasteiger partial charge in [0, 0.05) is 25.8 Å². The van der Waals surface area contributed by atoms with Crippen molar-refractivity contribution in [2.24, 2.45) is 0 Å². The Bertz CT molecular complexity index is 772. The highest BCUT2D eigenvalue weighted by molar-refractivity contribution is 5.99. The van der Waals surface area contributed by atoms with Crippen molar-refractivity contribution in [3.05, 3.63) is 69.6 Å². The molecule has 1 aromatic carbocycles. The SMILES string of the molecule is CC.COC1C=CC=C(CCNC(=O)c2ccc([N+](=O)[O-])cc2N)C(F)=C1. The maximum absolute atomic E-state index is 14.1. The zero-order valence-electron chi connectivity index (χ0n) is 15.6. The number of rotatable bonds is 6. The van der Waals surface area contributed by atoms with Gasteiger partial charge in [-0.25, -0.2) is 4.39 Å². The number of allylic oxidation sites excluding steroid dienone is 3. The molecular weight excluding hydrogens is 353 g/mol. The number of non-ortho nitro benzene ring substituents is 1. The van der Waals surface area contributed by atoms with Crippen LogP contribution in [0, 0.1) is 10.1 Å². The minimum atomic E-state index is -0.591. The Labute approximate surface area is 157 Å². The lowest BCUT2D eigenvalue weighted by Crippen LogP contribution is -2.25. The summed E-state index contributed by atoms with van der Waals surface area (Å²) in [6, 6.07) is 3.62. The molecule has 1 unspecified atom stereocenters. The molecule has 0 aliphatic heterocycles. The summed E-state index contributed by atoms with van der Waals surface area (Å²) in [7, 11) is 1.48. The summed E-state index contributed by atoms with van der Waals surface area (Å²) >= 11 is 0. The fourth-order valence-electron chi connectivity index (χ4n) is 2.29. The highest BCUT2D eigenvalue weighted by Gasteiger charge is 2.15. The molecule has 0 saturated heterocycles. The largest absolute Gasteiger partial charge is 0.398 e. The molecule has 0 aromatic heterocycles. The summed E-state index contributed by atoms with van der Waals surface area (Å²) in [5.74, 6) is -0.878. The van der Waals surface area contributed by atoms with Gasteiger partial charge < -0.3 is 15.8 Å². The maximum Gasteiger partial charge on any atom is 0.271 e. The molecule has 1 amide bonds. The molecule has 0 spiro atoms. The minimum absolute atomic E-state index is 0.0114. The van der Waals surface area contributed by atoms with Crippen molar-refractivity contribution in [3.63, 3.8) is 0 Å². The summed E-state index contributed by atoms with van der Waals surface area (Å²) in [6.07, 6.45) is 6.24. The number of carbonyl (C=O) groups excluding carboxylic acids is 1. The number of ether oxygens (including phenoxy) is 1. The van der Waals surface area contributed by atoms with Crippen molar-refractivity contribution in [2.45, 2.75) is 26.4 Å². The molecule has 0 radical (unpaired) electrons. The van der Waals surface area contributed by atoms with Crippen LogP contribution in [0.25, 0.3) is 0 Å². The number of nitrogens with two attached hydrogens (primary N) is 1. The zero-order valence-corrected chi connectivity index (χ0v) is 15.6. The number of methoxy groups -OCH3 is 1. The highest BCUT2D eigenvalue weighted by atomic mass is 19.1. The predicted octanol–water partition coefficient (Wildman–Crippen LogP) is 3.69. The highest BCUT2D eigenvalue weighted by Crippen LogP contribution is 2.21. The number of nitro groups is 1. The molecule has 0 heterocycles. The molecule has 0 fully saturated rings. The van der Waals surface area contributed by atoms with Crippen LogP contribution in [-0.4, -0.2) is 30.6 Å². The molecule has 1 aliphatic carbocycles. The second-order valence-corrected chi connectivity index (χ2v) is 5.33. The molecule has 0 bridgehead atoms. The van der Waals surface area contributed by atoms with E-state index >= 15 is 0 Å². The Morgan fingerprint density at radius 3 is 2.70 bits per heavy atom. The third-order valence-corrected chi connectivity index (χ3v) is 3.66. The smallest absolute Gasteiger partial charge is 0.271 e. The summed E-state index contributed by atoms with van der Waals surface area (Å²) in [5.41, 5.74) is 6.07. The molecule has 2 rings (SSSR count). The van der Waals surface area contributed by atoms with Crippen LogP contribution in [0.2, 0.25) is 0 Å². The molecule has 8 heteroatoms. The first kappa shape index (κ1) is 22.0. The Kier molecular flexibility index (Phi) is 8.87. The average Bonchev–Trinajstić information content (AvgIpc) is 2.84. The maximum atomic E-state index is 14.1. The monoisotopic (exact) mass is 377 g/mol. The third-order valence-electron chi connectivity index (χ3n) is 3.66. The van der Waals surface area contributed by atoms with Gasteiger partial charge in [-0.2, -0.15) is 0 Å². The number of amides is 1. The van der Waals surface area contributed by atoms with Crippen molar-refractivity contribution in [3.8, 4) is 0 Å². The Balaban J connectivity index is 0.00000176. The van der Waals surface area contributed by atoms with Gasteiger partial charge in [-0.05, 0) is 24.1 Å². The van der Waals surface area contributed by atoms with Gasteiger partial charge in [0.05, 0.1) is 22.3 Å². The van der Waals surface area contributed by atoms with Crippen LogP contribution < -0.4 is 11.1 Å². The van der Waals surface area contributed by atoms with E-state index in [1.54, 1.807) is 18.2 Å². The van der Waals surface area contributed by atoms with Gasteiger partial charge in [0.1, 0.15) is 5.83 Å². The van der Waals surface area contributed by atoms with Crippen LogP contribution in [0.5, 0.6) is 0 Å².